The van der Waals surface area contributed by atoms with Gasteiger partial charge in [-0.1, -0.05) is 12.1 Å². The van der Waals surface area contributed by atoms with Crippen LogP contribution in [0, 0.1) is 0 Å². The SMILES string of the molecule is CNC(=O)[C@H]1CN(C(=O)c2cccnc2SC)c2ccccc2O1. The Morgan fingerprint density at radius 3 is 2.83 bits per heavy atom. The molecule has 2 amide bonds. The summed E-state index contributed by atoms with van der Waals surface area (Å²) < 4.78 is 5.73. The van der Waals surface area contributed by atoms with Crippen LogP contribution in [0.5, 0.6) is 5.75 Å². The van der Waals surface area contributed by atoms with Crippen molar-refractivity contribution in [2.24, 2.45) is 0 Å². The van der Waals surface area contributed by atoms with E-state index in [-0.39, 0.29) is 18.4 Å². The molecule has 6 nitrogen and oxygen atoms in total. The summed E-state index contributed by atoms with van der Waals surface area (Å²) in [6.07, 6.45) is 2.78. The summed E-state index contributed by atoms with van der Waals surface area (Å²) in [4.78, 5) is 30.9. The zero-order valence-electron chi connectivity index (χ0n) is 13.4. The Morgan fingerprint density at radius 2 is 2.08 bits per heavy atom. The number of nitrogens with zero attached hydrogens (tertiary/aromatic N) is 2. The van der Waals surface area contributed by atoms with E-state index in [0.29, 0.717) is 22.0 Å². The van der Waals surface area contributed by atoms with Crippen molar-refractivity contribution in [3.8, 4) is 5.75 Å². The second kappa shape index (κ2) is 6.92. The Balaban J connectivity index is 2.02. The van der Waals surface area contributed by atoms with Gasteiger partial charge < -0.3 is 15.0 Å². The normalized spacial score (nSPS) is 16.1. The minimum atomic E-state index is -0.747. The Kier molecular flexibility index (Phi) is 4.71. The van der Waals surface area contributed by atoms with Gasteiger partial charge in [0.15, 0.2) is 6.10 Å². The Bertz CT molecular complexity index is 781. The van der Waals surface area contributed by atoms with E-state index in [1.807, 2.05) is 24.5 Å². The highest BCUT2D eigenvalue weighted by Crippen LogP contribution is 2.34. The van der Waals surface area contributed by atoms with Gasteiger partial charge in [0.2, 0.25) is 0 Å². The molecule has 1 aromatic heterocycles. The fourth-order valence-corrected chi connectivity index (χ4v) is 3.13. The van der Waals surface area contributed by atoms with E-state index in [0.717, 1.165) is 0 Å². The van der Waals surface area contributed by atoms with E-state index in [1.54, 1.807) is 36.3 Å². The molecule has 0 aliphatic carbocycles. The number of likely N-dealkylation sites (N-methyl/N-ethyl adjacent to an activating group) is 1. The van der Waals surface area contributed by atoms with Gasteiger partial charge >= 0.3 is 0 Å². The van der Waals surface area contributed by atoms with Crippen LogP contribution in [0.3, 0.4) is 0 Å². The van der Waals surface area contributed by atoms with Crippen molar-refractivity contribution in [2.45, 2.75) is 11.1 Å². The van der Waals surface area contributed by atoms with Gasteiger partial charge in [-0.2, -0.15) is 0 Å². The average Bonchev–Trinajstić information content (AvgIpc) is 2.65. The van der Waals surface area contributed by atoms with E-state index in [4.69, 9.17) is 4.74 Å². The van der Waals surface area contributed by atoms with Gasteiger partial charge in [0.05, 0.1) is 17.8 Å². The van der Waals surface area contributed by atoms with E-state index < -0.39 is 6.10 Å². The molecule has 1 aromatic carbocycles. The number of amides is 2. The van der Waals surface area contributed by atoms with Gasteiger partial charge in [-0.3, -0.25) is 9.59 Å². The summed E-state index contributed by atoms with van der Waals surface area (Å²) in [5, 5.41) is 3.22. The lowest BCUT2D eigenvalue weighted by atomic mass is 10.1. The third kappa shape index (κ3) is 2.94. The quantitative estimate of drug-likeness (QED) is 0.863. The standard InChI is InChI=1S/C17H17N3O3S/c1-18-15(21)14-10-20(12-7-3-4-8-13(12)23-14)17(22)11-6-5-9-19-16(11)24-2/h3-9,14H,10H2,1-2H3,(H,18,21)/t14-/m1/s1. The van der Waals surface area contributed by atoms with Crippen LogP contribution in [-0.4, -0.2) is 42.8 Å². The molecule has 2 heterocycles. The Hall–Kier alpha value is -2.54. The molecule has 0 unspecified atom stereocenters. The minimum absolute atomic E-state index is 0.151. The molecule has 1 aliphatic heterocycles. The van der Waals surface area contributed by atoms with E-state index in [2.05, 4.69) is 10.3 Å². The zero-order chi connectivity index (χ0) is 17.1. The molecule has 0 radical (unpaired) electrons. The van der Waals surface area contributed by atoms with Crippen LogP contribution in [-0.2, 0) is 4.79 Å². The first-order chi connectivity index (χ1) is 11.7. The first-order valence-electron chi connectivity index (χ1n) is 7.44. The first kappa shape index (κ1) is 16.3. The summed E-state index contributed by atoms with van der Waals surface area (Å²) in [5.74, 6) is 0.0518. The fraction of sp³-hybridized carbons (Fsp3) is 0.235. The van der Waals surface area contributed by atoms with Crippen molar-refractivity contribution >= 4 is 29.3 Å². The van der Waals surface area contributed by atoms with Crippen LogP contribution >= 0.6 is 11.8 Å². The molecule has 0 saturated heterocycles. The number of benzene rings is 1. The van der Waals surface area contributed by atoms with Crippen molar-refractivity contribution in [1.29, 1.82) is 0 Å². The molecule has 0 bridgehead atoms. The molecule has 1 N–H and O–H groups in total. The van der Waals surface area contributed by atoms with Gasteiger partial charge in [-0.05, 0) is 30.5 Å². The molecule has 3 rings (SSSR count). The number of ether oxygens (including phenoxy) is 1. The second-order valence-corrected chi connectivity index (χ2v) is 5.96. The van der Waals surface area contributed by atoms with E-state index >= 15 is 0 Å². The number of nitrogens with one attached hydrogen (secondary N) is 1. The topological polar surface area (TPSA) is 71.5 Å². The summed E-state index contributed by atoms with van der Waals surface area (Å²) in [6, 6.07) is 10.7. The number of para-hydroxylation sites is 2. The lowest BCUT2D eigenvalue weighted by Gasteiger charge is -2.34. The lowest BCUT2D eigenvalue weighted by molar-refractivity contribution is -0.127. The molecule has 7 heteroatoms. The number of pyridine rings is 1. The molecule has 1 aliphatic rings. The maximum Gasteiger partial charge on any atom is 0.262 e. The third-order valence-corrected chi connectivity index (χ3v) is 4.46. The van der Waals surface area contributed by atoms with Gasteiger partial charge in [-0.15, -0.1) is 11.8 Å². The zero-order valence-corrected chi connectivity index (χ0v) is 14.2. The maximum absolute atomic E-state index is 13.1. The third-order valence-electron chi connectivity index (χ3n) is 3.75. The molecule has 0 fully saturated rings. The number of hydrogen-bond acceptors (Lipinski definition) is 5. The summed E-state index contributed by atoms with van der Waals surface area (Å²) >= 11 is 1.41. The van der Waals surface area contributed by atoms with Crippen molar-refractivity contribution in [1.82, 2.24) is 10.3 Å². The van der Waals surface area contributed by atoms with Crippen LogP contribution in [0.25, 0.3) is 0 Å². The van der Waals surface area contributed by atoms with Gasteiger partial charge in [0.1, 0.15) is 10.8 Å². The summed E-state index contributed by atoms with van der Waals surface area (Å²) in [6.45, 7) is 0.151. The van der Waals surface area contributed by atoms with Crippen LogP contribution in [0.1, 0.15) is 10.4 Å². The lowest BCUT2D eigenvalue weighted by Crippen LogP contribution is -2.50. The smallest absolute Gasteiger partial charge is 0.262 e. The monoisotopic (exact) mass is 343 g/mol. The van der Waals surface area contributed by atoms with E-state index in [1.165, 1.54) is 11.8 Å². The molecular formula is C17H17N3O3S. The number of fused-ring (bicyclic) bond motifs is 1. The number of carbonyl (C=O) groups excluding carboxylic acids is 2. The second-order valence-electron chi connectivity index (χ2n) is 5.16. The van der Waals surface area contributed by atoms with Crippen molar-refractivity contribution in [3.05, 3.63) is 48.2 Å². The number of rotatable bonds is 3. The number of aromatic nitrogens is 1. The fourth-order valence-electron chi connectivity index (χ4n) is 2.59. The van der Waals surface area contributed by atoms with Crippen LogP contribution in [0.4, 0.5) is 5.69 Å². The number of thioether (sulfide) groups is 1. The van der Waals surface area contributed by atoms with Gasteiger partial charge in [-0.25, -0.2) is 4.98 Å². The number of anilines is 1. The molecule has 1 atom stereocenters. The average molecular weight is 343 g/mol. The highest BCUT2D eigenvalue weighted by molar-refractivity contribution is 7.98. The number of hydrogen-bond donors (Lipinski definition) is 1. The Morgan fingerprint density at radius 1 is 1.29 bits per heavy atom. The largest absolute Gasteiger partial charge is 0.477 e. The van der Waals surface area contributed by atoms with Crippen LogP contribution in [0.2, 0.25) is 0 Å². The van der Waals surface area contributed by atoms with Crippen molar-refractivity contribution in [2.75, 3.05) is 24.7 Å². The van der Waals surface area contributed by atoms with E-state index in [9.17, 15) is 9.59 Å². The predicted molar refractivity (Wildman–Crippen MR) is 92.6 cm³/mol. The van der Waals surface area contributed by atoms with Crippen molar-refractivity contribution in [3.63, 3.8) is 0 Å². The van der Waals surface area contributed by atoms with Crippen LogP contribution in [0.15, 0.2) is 47.6 Å². The molecule has 24 heavy (non-hydrogen) atoms. The van der Waals surface area contributed by atoms with Crippen molar-refractivity contribution < 1.29 is 14.3 Å². The number of carbonyl (C=O) groups is 2. The highest BCUT2D eigenvalue weighted by Gasteiger charge is 2.34. The molecule has 0 spiro atoms. The minimum Gasteiger partial charge on any atom is -0.477 e. The van der Waals surface area contributed by atoms with Gasteiger partial charge in [0.25, 0.3) is 11.8 Å². The Labute approximate surface area is 144 Å². The van der Waals surface area contributed by atoms with Crippen LogP contribution < -0.4 is 15.0 Å². The maximum atomic E-state index is 13.1. The summed E-state index contributed by atoms with van der Waals surface area (Å²) in [7, 11) is 1.55. The molecule has 2 aromatic rings. The molecule has 124 valence electrons. The first-order valence-corrected chi connectivity index (χ1v) is 8.66. The van der Waals surface area contributed by atoms with Gasteiger partial charge in [0, 0.05) is 13.2 Å². The molecular weight excluding hydrogens is 326 g/mol. The summed E-state index contributed by atoms with van der Waals surface area (Å²) in [5.41, 5.74) is 1.16. The highest BCUT2D eigenvalue weighted by atomic mass is 32.2. The predicted octanol–water partition coefficient (Wildman–Crippen LogP) is 1.96. The molecule has 0 saturated carbocycles.